The molecular formula is C13H24N2O4. The molecule has 0 bridgehead atoms. The van der Waals surface area contributed by atoms with E-state index in [9.17, 15) is 14.7 Å². The number of ether oxygens (including phenoxy) is 1. The molecule has 2 N–H and O–H groups in total. The Morgan fingerprint density at radius 3 is 2.74 bits per heavy atom. The van der Waals surface area contributed by atoms with Crippen molar-refractivity contribution in [2.24, 2.45) is 5.92 Å². The largest absolute Gasteiger partial charge is 0.480 e. The smallest absolute Gasteiger partial charge is 0.326 e. The SMILES string of the molecule is CCC(COC)NC(=O)N1CCCC(C)C1C(=O)O. The number of likely N-dealkylation sites (tertiary alicyclic amines) is 1. The highest BCUT2D eigenvalue weighted by molar-refractivity contribution is 5.83. The Labute approximate surface area is 114 Å². The van der Waals surface area contributed by atoms with E-state index in [1.165, 1.54) is 4.90 Å². The molecule has 0 saturated carbocycles. The summed E-state index contributed by atoms with van der Waals surface area (Å²) in [5.74, 6) is -0.943. The third-order valence-electron chi connectivity index (χ3n) is 3.64. The van der Waals surface area contributed by atoms with Crippen LogP contribution in [0.5, 0.6) is 0 Å². The van der Waals surface area contributed by atoms with Gasteiger partial charge in [-0.25, -0.2) is 9.59 Å². The molecule has 1 aliphatic heterocycles. The van der Waals surface area contributed by atoms with Gasteiger partial charge in [-0.15, -0.1) is 0 Å². The molecule has 19 heavy (non-hydrogen) atoms. The first-order valence-corrected chi connectivity index (χ1v) is 6.80. The van der Waals surface area contributed by atoms with Crippen LogP contribution in [0.15, 0.2) is 0 Å². The number of piperidine rings is 1. The lowest BCUT2D eigenvalue weighted by Gasteiger charge is -2.37. The van der Waals surface area contributed by atoms with Crippen LogP contribution in [0.2, 0.25) is 0 Å². The van der Waals surface area contributed by atoms with Gasteiger partial charge in [0.25, 0.3) is 0 Å². The first-order chi connectivity index (χ1) is 9.01. The summed E-state index contributed by atoms with van der Waals surface area (Å²) in [6, 6.07) is -1.11. The topological polar surface area (TPSA) is 78.9 Å². The molecule has 0 aromatic carbocycles. The maximum absolute atomic E-state index is 12.2. The number of aliphatic carboxylic acids is 1. The van der Waals surface area contributed by atoms with Crippen LogP contribution in [0.4, 0.5) is 4.79 Å². The summed E-state index contributed by atoms with van der Waals surface area (Å²) in [4.78, 5) is 25.0. The van der Waals surface area contributed by atoms with Gasteiger partial charge in [0.15, 0.2) is 0 Å². The standard InChI is InChI=1S/C13H24N2O4/c1-4-10(8-19-3)14-13(18)15-7-5-6-9(2)11(15)12(16)17/h9-11H,4-8H2,1-3H3,(H,14,18)(H,16,17). The number of amides is 2. The Kier molecular flexibility index (Phi) is 6.08. The van der Waals surface area contributed by atoms with Gasteiger partial charge in [-0.1, -0.05) is 13.8 Å². The molecule has 1 rings (SSSR count). The molecular weight excluding hydrogens is 248 g/mol. The zero-order valence-corrected chi connectivity index (χ0v) is 11.9. The van der Waals surface area contributed by atoms with Crippen molar-refractivity contribution >= 4 is 12.0 Å². The van der Waals surface area contributed by atoms with Crippen molar-refractivity contribution in [1.82, 2.24) is 10.2 Å². The van der Waals surface area contributed by atoms with E-state index < -0.39 is 12.0 Å². The van der Waals surface area contributed by atoms with Gasteiger partial charge >= 0.3 is 12.0 Å². The van der Waals surface area contributed by atoms with Crippen LogP contribution in [0.3, 0.4) is 0 Å². The van der Waals surface area contributed by atoms with E-state index in [4.69, 9.17) is 4.74 Å². The van der Waals surface area contributed by atoms with Gasteiger partial charge < -0.3 is 20.1 Å². The van der Waals surface area contributed by atoms with Crippen LogP contribution in [0, 0.1) is 5.92 Å². The molecule has 0 spiro atoms. The fourth-order valence-electron chi connectivity index (χ4n) is 2.51. The van der Waals surface area contributed by atoms with Crippen LogP contribution in [-0.2, 0) is 9.53 Å². The third kappa shape index (κ3) is 4.09. The van der Waals surface area contributed by atoms with Gasteiger partial charge in [-0.2, -0.15) is 0 Å². The molecule has 6 heteroatoms. The average molecular weight is 272 g/mol. The van der Waals surface area contributed by atoms with Crippen LogP contribution >= 0.6 is 0 Å². The second-order valence-electron chi connectivity index (χ2n) is 5.11. The third-order valence-corrected chi connectivity index (χ3v) is 3.64. The van der Waals surface area contributed by atoms with Crippen molar-refractivity contribution in [2.75, 3.05) is 20.3 Å². The summed E-state index contributed by atoms with van der Waals surface area (Å²) in [7, 11) is 1.58. The zero-order valence-electron chi connectivity index (χ0n) is 11.9. The van der Waals surface area contributed by atoms with Gasteiger partial charge in [0.2, 0.25) is 0 Å². The number of rotatable bonds is 5. The van der Waals surface area contributed by atoms with Crippen molar-refractivity contribution in [2.45, 2.75) is 45.2 Å². The number of hydrogen-bond donors (Lipinski definition) is 2. The van der Waals surface area contributed by atoms with E-state index in [1.54, 1.807) is 7.11 Å². The Morgan fingerprint density at radius 2 is 2.21 bits per heavy atom. The highest BCUT2D eigenvalue weighted by Gasteiger charge is 2.37. The summed E-state index contributed by atoms with van der Waals surface area (Å²) >= 11 is 0. The van der Waals surface area contributed by atoms with E-state index in [2.05, 4.69) is 5.32 Å². The number of carbonyl (C=O) groups excluding carboxylic acids is 1. The van der Waals surface area contributed by atoms with Crippen molar-refractivity contribution in [3.05, 3.63) is 0 Å². The minimum Gasteiger partial charge on any atom is -0.480 e. The van der Waals surface area contributed by atoms with Gasteiger partial charge in [-0.05, 0) is 25.2 Å². The lowest BCUT2D eigenvalue weighted by atomic mass is 9.91. The van der Waals surface area contributed by atoms with E-state index in [0.29, 0.717) is 13.2 Å². The Morgan fingerprint density at radius 1 is 1.53 bits per heavy atom. The predicted octanol–water partition coefficient (Wildman–Crippen LogP) is 1.31. The highest BCUT2D eigenvalue weighted by Crippen LogP contribution is 2.23. The number of methoxy groups -OCH3 is 1. The van der Waals surface area contributed by atoms with Crippen LogP contribution in [0.25, 0.3) is 0 Å². The zero-order chi connectivity index (χ0) is 14.4. The van der Waals surface area contributed by atoms with E-state index >= 15 is 0 Å². The predicted molar refractivity (Wildman–Crippen MR) is 71.0 cm³/mol. The first kappa shape index (κ1) is 15.8. The van der Waals surface area contributed by atoms with Gasteiger partial charge in [0, 0.05) is 13.7 Å². The van der Waals surface area contributed by atoms with Gasteiger partial charge in [-0.3, -0.25) is 0 Å². The van der Waals surface area contributed by atoms with Crippen LogP contribution in [-0.4, -0.2) is 54.4 Å². The summed E-state index contributed by atoms with van der Waals surface area (Å²) in [6.07, 6.45) is 2.44. The maximum Gasteiger partial charge on any atom is 0.326 e. The quantitative estimate of drug-likeness (QED) is 0.791. The second-order valence-corrected chi connectivity index (χ2v) is 5.11. The van der Waals surface area contributed by atoms with Crippen molar-refractivity contribution < 1.29 is 19.4 Å². The summed E-state index contributed by atoms with van der Waals surface area (Å²) < 4.78 is 5.03. The summed E-state index contributed by atoms with van der Waals surface area (Å²) in [5.41, 5.74) is 0. The normalized spacial score (nSPS) is 24.9. The van der Waals surface area contributed by atoms with Gasteiger partial charge in [0.1, 0.15) is 6.04 Å². The molecule has 1 heterocycles. The molecule has 3 unspecified atom stereocenters. The Hall–Kier alpha value is -1.30. The average Bonchev–Trinajstić information content (AvgIpc) is 2.37. The molecule has 1 aliphatic rings. The van der Waals surface area contributed by atoms with E-state index in [-0.39, 0.29) is 18.0 Å². The second kappa shape index (κ2) is 7.33. The van der Waals surface area contributed by atoms with Crippen molar-refractivity contribution in [3.8, 4) is 0 Å². The number of carbonyl (C=O) groups is 2. The van der Waals surface area contributed by atoms with E-state index in [1.807, 2.05) is 13.8 Å². The fourth-order valence-corrected chi connectivity index (χ4v) is 2.51. The van der Waals surface area contributed by atoms with Crippen molar-refractivity contribution in [1.29, 1.82) is 0 Å². The monoisotopic (exact) mass is 272 g/mol. The molecule has 0 aromatic rings. The highest BCUT2D eigenvalue weighted by atomic mass is 16.5. The fraction of sp³-hybridized carbons (Fsp3) is 0.846. The summed E-state index contributed by atoms with van der Waals surface area (Å²) in [6.45, 7) is 4.77. The summed E-state index contributed by atoms with van der Waals surface area (Å²) in [5, 5.41) is 12.1. The lowest BCUT2D eigenvalue weighted by molar-refractivity contribution is -0.145. The lowest BCUT2D eigenvalue weighted by Crippen LogP contribution is -2.56. The molecule has 110 valence electrons. The minimum absolute atomic E-state index is 0.0144. The molecule has 1 fully saturated rings. The molecule has 0 radical (unpaired) electrons. The first-order valence-electron chi connectivity index (χ1n) is 6.80. The number of nitrogens with one attached hydrogen (secondary N) is 1. The molecule has 1 saturated heterocycles. The minimum atomic E-state index is -0.929. The Balaban J connectivity index is 2.69. The number of hydrogen-bond acceptors (Lipinski definition) is 3. The Bertz CT molecular complexity index is 322. The van der Waals surface area contributed by atoms with E-state index in [0.717, 1.165) is 19.3 Å². The van der Waals surface area contributed by atoms with Crippen molar-refractivity contribution in [3.63, 3.8) is 0 Å². The molecule has 0 aliphatic carbocycles. The number of nitrogens with zero attached hydrogens (tertiary/aromatic N) is 1. The number of carboxylic acid groups (broad SMARTS) is 1. The maximum atomic E-state index is 12.2. The van der Waals surface area contributed by atoms with Gasteiger partial charge in [0.05, 0.1) is 12.6 Å². The number of urea groups is 1. The van der Waals surface area contributed by atoms with Crippen LogP contribution in [0.1, 0.15) is 33.1 Å². The molecule has 6 nitrogen and oxygen atoms in total. The molecule has 2 amide bonds. The number of carboxylic acids is 1. The molecule has 0 aromatic heterocycles. The van der Waals surface area contributed by atoms with Crippen LogP contribution < -0.4 is 5.32 Å². The molecule has 3 atom stereocenters.